The van der Waals surface area contributed by atoms with Crippen LogP contribution in [-0.4, -0.2) is 13.4 Å². The number of sulfonamides is 1. The first kappa shape index (κ1) is 14.5. The molecule has 0 bridgehead atoms. The van der Waals surface area contributed by atoms with Crippen molar-refractivity contribution in [1.29, 1.82) is 0 Å². The third-order valence-corrected chi connectivity index (χ3v) is 4.41. The topological polar surface area (TPSA) is 98.2 Å². The molecule has 0 atom stereocenters. The molecule has 2 aromatic rings. The molecule has 20 heavy (non-hydrogen) atoms. The van der Waals surface area contributed by atoms with Gasteiger partial charge in [0.25, 0.3) is 0 Å². The van der Waals surface area contributed by atoms with Gasteiger partial charge in [-0.3, -0.25) is 0 Å². The summed E-state index contributed by atoms with van der Waals surface area (Å²) in [5.74, 6) is 1.06. The van der Waals surface area contributed by atoms with Gasteiger partial charge in [0.15, 0.2) is 0 Å². The van der Waals surface area contributed by atoms with Crippen LogP contribution in [0.1, 0.15) is 24.1 Å². The van der Waals surface area contributed by atoms with E-state index in [4.69, 9.17) is 10.2 Å². The normalized spacial score (nSPS) is 11.7. The van der Waals surface area contributed by atoms with Crippen LogP contribution in [0.3, 0.4) is 0 Å². The molecule has 3 N–H and O–H groups in total. The number of nitrogen functional groups attached to an aromatic ring is 1. The number of aryl methyl sites for hydroxylation is 2. The van der Waals surface area contributed by atoms with Gasteiger partial charge in [-0.25, -0.2) is 18.1 Å². The maximum atomic E-state index is 12.2. The van der Waals surface area contributed by atoms with Gasteiger partial charge in [0, 0.05) is 12.1 Å². The zero-order chi connectivity index (χ0) is 14.8. The van der Waals surface area contributed by atoms with Crippen molar-refractivity contribution in [2.45, 2.75) is 31.7 Å². The van der Waals surface area contributed by atoms with Crippen LogP contribution in [-0.2, 0) is 23.0 Å². The highest BCUT2D eigenvalue weighted by Crippen LogP contribution is 2.18. The second-order valence-electron chi connectivity index (χ2n) is 4.42. The number of benzene rings is 1. The van der Waals surface area contributed by atoms with Gasteiger partial charge in [0.05, 0.1) is 17.6 Å². The standard InChI is InChI=1S/C13H17N3O3S/c1-3-11-7-15-13(19-11)8-16-20(17,18)12-6-10(14)5-4-9(12)2/h4-7,16H,3,8,14H2,1-2H3. The van der Waals surface area contributed by atoms with E-state index < -0.39 is 10.0 Å². The lowest BCUT2D eigenvalue weighted by molar-refractivity contribution is 0.452. The first-order valence-electron chi connectivity index (χ1n) is 6.21. The van der Waals surface area contributed by atoms with Crippen LogP contribution in [0.15, 0.2) is 33.7 Å². The molecule has 2 rings (SSSR count). The Bertz CT molecular complexity index is 707. The molecule has 1 aromatic heterocycles. The monoisotopic (exact) mass is 295 g/mol. The van der Waals surface area contributed by atoms with Gasteiger partial charge in [0.1, 0.15) is 5.76 Å². The summed E-state index contributed by atoms with van der Waals surface area (Å²) < 4.78 is 32.3. The number of rotatable bonds is 5. The molecule has 0 fully saturated rings. The van der Waals surface area contributed by atoms with Gasteiger partial charge >= 0.3 is 0 Å². The molecular formula is C13H17N3O3S. The summed E-state index contributed by atoms with van der Waals surface area (Å²) in [7, 11) is -3.64. The number of aromatic nitrogens is 1. The second kappa shape index (κ2) is 5.64. The number of nitrogens with zero attached hydrogens (tertiary/aromatic N) is 1. The Morgan fingerprint density at radius 1 is 1.40 bits per heavy atom. The molecule has 0 saturated carbocycles. The number of hydrogen-bond donors (Lipinski definition) is 2. The van der Waals surface area contributed by atoms with E-state index in [2.05, 4.69) is 9.71 Å². The molecular weight excluding hydrogens is 278 g/mol. The lowest BCUT2D eigenvalue weighted by Gasteiger charge is -2.08. The highest BCUT2D eigenvalue weighted by molar-refractivity contribution is 7.89. The molecule has 0 radical (unpaired) electrons. The zero-order valence-electron chi connectivity index (χ0n) is 11.4. The van der Waals surface area contributed by atoms with E-state index in [1.54, 1.807) is 25.3 Å². The third kappa shape index (κ3) is 3.17. The Labute approximate surface area is 118 Å². The van der Waals surface area contributed by atoms with Crippen molar-refractivity contribution in [1.82, 2.24) is 9.71 Å². The Balaban J connectivity index is 2.17. The highest BCUT2D eigenvalue weighted by atomic mass is 32.2. The molecule has 0 saturated heterocycles. The maximum absolute atomic E-state index is 12.2. The summed E-state index contributed by atoms with van der Waals surface area (Å²) in [6.45, 7) is 3.66. The average Bonchev–Trinajstić information content (AvgIpc) is 2.87. The molecule has 7 heteroatoms. The van der Waals surface area contributed by atoms with E-state index in [-0.39, 0.29) is 11.4 Å². The second-order valence-corrected chi connectivity index (χ2v) is 6.16. The molecule has 0 amide bonds. The molecule has 1 heterocycles. The van der Waals surface area contributed by atoms with Crippen molar-refractivity contribution in [2.24, 2.45) is 0 Å². The predicted octanol–water partition coefficient (Wildman–Crippen LogP) is 1.61. The van der Waals surface area contributed by atoms with Crippen LogP contribution < -0.4 is 10.5 Å². The Morgan fingerprint density at radius 3 is 2.80 bits per heavy atom. The first-order valence-corrected chi connectivity index (χ1v) is 7.70. The minimum Gasteiger partial charge on any atom is -0.444 e. The summed E-state index contributed by atoms with van der Waals surface area (Å²) in [4.78, 5) is 4.17. The van der Waals surface area contributed by atoms with Crippen LogP contribution in [0.4, 0.5) is 5.69 Å². The Hall–Kier alpha value is -1.86. The fraction of sp³-hybridized carbons (Fsp3) is 0.308. The fourth-order valence-corrected chi connectivity index (χ4v) is 2.99. The Morgan fingerprint density at radius 2 is 2.15 bits per heavy atom. The predicted molar refractivity (Wildman–Crippen MR) is 75.5 cm³/mol. The third-order valence-electron chi connectivity index (χ3n) is 2.87. The van der Waals surface area contributed by atoms with Crippen LogP contribution in [0, 0.1) is 6.92 Å². The molecule has 6 nitrogen and oxygen atoms in total. The van der Waals surface area contributed by atoms with Gasteiger partial charge in [-0.2, -0.15) is 0 Å². The smallest absolute Gasteiger partial charge is 0.241 e. The zero-order valence-corrected chi connectivity index (χ0v) is 12.2. The lowest BCUT2D eigenvalue weighted by Crippen LogP contribution is -2.24. The van der Waals surface area contributed by atoms with Crippen molar-refractivity contribution in [3.8, 4) is 0 Å². The van der Waals surface area contributed by atoms with E-state index in [9.17, 15) is 8.42 Å². The number of oxazole rings is 1. The van der Waals surface area contributed by atoms with Crippen molar-refractivity contribution in [2.75, 3.05) is 5.73 Å². The summed E-state index contributed by atoms with van der Waals surface area (Å²) >= 11 is 0. The minimum atomic E-state index is -3.64. The van der Waals surface area contributed by atoms with Crippen LogP contribution >= 0.6 is 0 Å². The number of nitrogens with one attached hydrogen (secondary N) is 1. The van der Waals surface area contributed by atoms with E-state index in [0.29, 0.717) is 23.6 Å². The fourth-order valence-electron chi connectivity index (χ4n) is 1.73. The van der Waals surface area contributed by atoms with E-state index in [1.165, 1.54) is 6.07 Å². The van der Waals surface area contributed by atoms with Gasteiger partial charge in [-0.1, -0.05) is 13.0 Å². The molecule has 1 aromatic carbocycles. The molecule has 108 valence electrons. The van der Waals surface area contributed by atoms with E-state index in [0.717, 1.165) is 5.76 Å². The molecule has 0 spiro atoms. The van der Waals surface area contributed by atoms with E-state index >= 15 is 0 Å². The number of anilines is 1. The minimum absolute atomic E-state index is 0.0105. The Kier molecular flexibility index (Phi) is 4.10. The van der Waals surface area contributed by atoms with Gasteiger partial charge in [0.2, 0.25) is 15.9 Å². The summed E-state index contributed by atoms with van der Waals surface area (Å²) in [5.41, 5.74) is 6.67. The molecule has 0 unspecified atom stereocenters. The van der Waals surface area contributed by atoms with Gasteiger partial charge < -0.3 is 10.2 Å². The van der Waals surface area contributed by atoms with Crippen LogP contribution in [0.25, 0.3) is 0 Å². The van der Waals surface area contributed by atoms with Crippen molar-refractivity contribution in [3.63, 3.8) is 0 Å². The highest BCUT2D eigenvalue weighted by Gasteiger charge is 2.17. The number of nitrogens with two attached hydrogens (primary N) is 1. The van der Waals surface area contributed by atoms with Crippen LogP contribution in [0.2, 0.25) is 0 Å². The first-order chi connectivity index (χ1) is 9.42. The maximum Gasteiger partial charge on any atom is 0.241 e. The van der Waals surface area contributed by atoms with Crippen molar-refractivity contribution >= 4 is 15.7 Å². The quantitative estimate of drug-likeness (QED) is 0.816. The summed E-state index contributed by atoms with van der Waals surface area (Å²) in [6, 6.07) is 4.77. The SMILES string of the molecule is CCc1cnc(CNS(=O)(=O)c2cc(N)ccc2C)o1. The molecule has 0 aliphatic heterocycles. The van der Waals surface area contributed by atoms with Gasteiger partial charge in [-0.15, -0.1) is 0 Å². The van der Waals surface area contributed by atoms with Crippen molar-refractivity contribution < 1.29 is 12.8 Å². The summed E-state index contributed by atoms with van der Waals surface area (Å²) in [5, 5.41) is 0. The lowest BCUT2D eigenvalue weighted by atomic mass is 10.2. The molecule has 0 aliphatic rings. The number of hydrogen-bond acceptors (Lipinski definition) is 5. The summed E-state index contributed by atoms with van der Waals surface area (Å²) in [6.07, 6.45) is 2.31. The van der Waals surface area contributed by atoms with Crippen LogP contribution in [0.5, 0.6) is 0 Å². The largest absolute Gasteiger partial charge is 0.444 e. The average molecular weight is 295 g/mol. The van der Waals surface area contributed by atoms with Crippen molar-refractivity contribution in [3.05, 3.63) is 41.6 Å². The molecule has 0 aliphatic carbocycles. The van der Waals surface area contributed by atoms with E-state index in [1.807, 2.05) is 6.92 Å². The van der Waals surface area contributed by atoms with Gasteiger partial charge in [-0.05, 0) is 24.6 Å².